The lowest BCUT2D eigenvalue weighted by molar-refractivity contribution is -0.159. The van der Waals surface area contributed by atoms with Crippen LogP contribution in [0.3, 0.4) is 0 Å². The molecule has 5 nitrogen and oxygen atoms in total. The maximum atomic E-state index is 12.7. The van der Waals surface area contributed by atoms with Gasteiger partial charge in [-0.15, -0.1) is 0 Å². The van der Waals surface area contributed by atoms with Crippen LogP contribution >= 0.6 is 0 Å². The van der Waals surface area contributed by atoms with Crippen molar-refractivity contribution in [1.29, 1.82) is 0 Å². The number of likely N-dealkylation sites (tertiary alicyclic amines) is 2. The highest BCUT2D eigenvalue weighted by atomic mass is 19.4. The molecule has 4 rings (SSSR count). The molecule has 0 unspecified atom stereocenters. The maximum absolute atomic E-state index is 12.7. The first-order chi connectivity index (χ1) is 12.3. The number of carbonyl (C=O) groups excluding carboxylic acids is 1. The molecule has 1 aromatic heterocycles. The second-order valence-corrected chi connectivity index (χ2v) is 7.70. The number of alkyl halides is 3. The van der Waals surface area contributed by atoms with Crippen molar-refractivity contribution in [2.75, 3.05) is 19.6 Å². The number of hydrogen-bond acceptors (Lipinski definition) is 3. The molecule has 2 fully saturated rings. The average Bonchev–Trinajstić information content (AvgIpc) is 3.26. The van der Waals surface area contributed by atoms with Crippen LogP contribution in [0.5, 0.6) is 0 Å². The highest BCUT2D eigenvalue weighted by Crippen LogP contribution is 2.37. The number of hydrogen-bond donors (Lipinski definition) is 0. The van der Waals surface area contributed by atoms with Gasteiger partial charge in [0.25, 0.3) is 0 Å². The van der Waals surface area contributed by atoms with Crippen molar-refractivity contribution in [3.05, 3.63) is 17.2 Å². The number of aryl methyl sites for hydroxylation is 1. The Bertz CT molecular complexity index is 699. The molecule has 0 aromatic carbocycles. The van der Waals surface area contributed by atoms with Crippen LogP contribution in [0.2, 0.25) is 0 Å². The van der Waals surface area contributed by atoms with E-state index in [1.165, 1.54) is 12.1 Å². The normalized spacial score (nSPS) is 27.4. The Kier molecular flexibility index (Phi) is 4.49. The quantitative estimate of drug-likeness (QED) is 0.821. The van der Waals surface area contributed by atoms with Gasteiger partial charge in [0.15, 0.2) is 0 Å². The predicted molar refractivity (Wildman–Crippen MR) is 89.6 cm³/mol. The summed E-state index contributed by atoms with van der Waals surface area (Å²) in [6.45, 7) is -0.209. The lowest BCUT2D eigenvalue weighted by atomic mass is 10.0. The number of halogens is 3. The van der Waals surface area contributed by atoms with Gasteiger partial charge in [-0.05, 0) is 51.5 Å². The second kappa shape index (κ2) is 6.55. The fraction of sp³-hybridized carbons (Fsp3) is 0.778. The zero-order valence-corrected chi connectivity index (χ0v) is 15.1. The number of amides is 1. The lowest BCUT2D eigenvalue weighted by Crippen LogP contribution is -2.44. The van der Waals surface area contributed by atoms with E-state index in [1.54, 1.807) is 0 Å². The number of aromatic nitrogens is 2. The molecule has 26 heavy (non-hydrogen) atoms. The van der Waals surface area contributed by atoms with E-state index in [9.17, 15) is 18.0 Å². The molecule has 144 valence electrons. The van der Waals surface area contributed by atoms with E-state index in [4.69, 9.17) is 4.98 Å². The van der Waals surface area contributed by atoms with Gasteiger partial charge >= 0.3 is 6.18 Å². The fourth-order valence-electron chi connectivity index (χ4n) is 4.85. The van der Waals surface area contributed by atoms with Crippen LogP contribution in [0.1, 0.15) is 55.4 Å². The molecule has 0 radical (unpaired) electrons. The van der Waals surface area contributed by atoms with Gasteiger partial charge in [-0.2, -0.15) is 13.2 Å². The van der Waals surface area contributed by atoms with E-state index < -0.39 is 18.8 Å². The number of fused-ring (bicyclic) bond motifs is 1. The Hall–Kier alpha value is -1.57. The van der Waals surface area contributed by atoms with Crippen LogP contribution in [0.25, 0.3) is 0 Å². The number of nitrogens with zero attached hydrogens (tertiary/aromatic N) is 4. The SMILES string of the molecule is Cn1c([C@H]2CCCN2[C@H]2CCN(CC(F)(F)F)C2=O)nc2c1CCCC2. The molecular weight excluding hydrogens is 345 g/mol. The summed E-state index contributed by atoms with van der Waals surface area (Å²) in [5.41, 5.74) is 2.45. The summed E-state index contributed by atoms with van der Waals surface area (Å²) < 4.78 is 40.2. The molecule has 3 aliphatic rings. The van der Waals surface area contributed by atoms with Crippen molar-refractivity contribution < 1.29 is 18.0 Å². The lowest BCUT2D eigenvalue weighted by Gasteiger charge is -2.29. The van der Waals surface area contributed by atoms with E-state index in [0.717, 1.165) is 55.1 Å². The van der Waals surface area contributed by atoms with Gasteiger partial charge in [0.1, 0.15) is 12.4 Å². The third kappa shape index (κ3) is 3.12. The first-order valence-electron chi connectivity index (χ1n) is 9.51. The van der Waals surface area contributed by atoms with Crippen LogP contribution in [0.15, 0.2) is 0 Å². The van der Waals surface area contributed by atoms with Gasteiger partial charge in [-0.25, -0.2) is 4.98 Å². The van der Waals surface area contributed by atoms with Crippen molar-refractivity contribution in [2.45, 2.75) is 63.2 Å². The Morgan fingerprint density at radius 1 is 1.08 bits per heavy atom. The molecule has 1 amide bonds. The predicted octanol–water partition coefficient (Wildman–Crippen LogP) is 2.60. The van der Waals surface area contributed by atoms with Gasteiger partial charge in [-0.3, -0.25) is 9.69 Å². The van der Waals surface area contributed by atoms with Crippen molar-refractivity contribution in [1.82, 2.24) is 19.4 Å². The van der Waals surface area contributed by atoms with Crippen LogP contribution in [0.4, 0.5) is 13.2 Å². The highest BCUT2D eigenvalue weighted by molar-refractivity contribution is 5.84. The van der Waals surface area contributed by atoms with Gasteiger partial charge in [0.2, 0.25) is 5.91 Å². The van der Waals surface area contributed by atoms with E-state index in [2.05, 4.69) is 9.47 Å². The molecule has 0 bridgehead atoms. The van der Waals surface area contributed by atoms with Crippen molar-refractivity contribution in [3.8, 4) is 0 Å². The van der Waals surface area contributed by atoms with Crippen molar-refractivity contribution in [3.63, 3.8) is 0 Å². The van der Waals surface area contributed by atoms with Crippen molar-refractivity contribution in [2.24, 2.45) is 7.05 Å². The molecule has 3 heterocycles. The van der Waals surface area contributed by atoms with Crippen LogP contribution < -0.4 is 0 Å². The highest BCUT2D eigenvalue weighted by Gasteiger charge is 2.45. The van der Waals surface area contributed by atoms with E-state index in [0.29, 0.717) is 6.42 Å². The second-order valence-electron chi connectivity index (χ2n) is 7.70. The minimum Gasteiger partial charge on any atom is -0.334 e. The van der Waals surface area contributed by atoms with E-state index in [1.807, 2.05) is 7.05 Å². The molecule has 1 aliphatic carbocycles. The zero-order chi connectivity index (χ0) is 18.5. The van der Waals surface area contributed by atoms with Gasteiger partial charge in [0.05, 0.1) is 17.8 Å². The van der Waals surface area contributed by atoms with Crippen LogP contribution in [-0.4, -0.2) is 57.1 Å². The molecule has 0 N–H and O–H groups in total. The summed E-state index contributed by atoms with van der Waals surface area (Å²) >= 11 is 0. The summed E-state index contributed by atoms with van der Waals surface area (Å²) in [7, 11) is 2.04. The van der Waals surface area contributed by atoms with Crippen molar-refractivity contribution >= 4 is 5.91 Å². The van der Waals surface area contributed by atoms with Crippen LogP contribution in [-0.2, 0) is 24.7 Å². The summed E-state index contributed by atoms with van der Waals surface area (Å²) in [5.74, 6) is 0.602. The minimum absolute atomic E-state index is 0.0328. The maximum Gasteiger partial charge on any atom is 0.406 e. The Balaban J connectivity index is 1.54. The molecule has 2 atom stereocenters. The monoisotopic (exact) mass is 370 g/mol. The third-order valence-electron chi connectivity index (χ3n) is 6.04. The Labute approximate surface area is 151 Å². The van der Waals surface area contributed by atoms with E-state index in [-0.39, 0.29) is 18.5 Å². The summed E-state index contributed by atoms with van der Waals surface area (Å²) in [5, 5.41) is 0. The molecule has 0 spiro atoms. The minimum atomic E-state index is -4.34. The number of rotatable bonds is 3. The average molecular weight is 370 g/mol. The van der Waals surface area contributed by atoms with Crippen LogP contribution in [0, 0.1) is 0 Å². The molecule has 8 heteroatoms. The fourth-order valence-corrected chi connectivity index (χ4v) is 4.85. The standard InChI is InChI=1S/C18H25F3N4O/c1-23-13-6-3-2-5-12(13)22-16(23)14-7-4-9-25(14)15-8-10-24(17(15)26)11-18(19,20)21/h14-15H,2-11H2,1H3/t14-,15+/m1/s1. The van der Waals surface area contributed by atoms with Gasteiger partial charge < -0.3 is 9.47 Å². The molecule has 2 aliphatic heterocycles. The Morgan fingerprint density at radius 3 is 2.58 bits per heavy atom. The Morgan fingerprint density at radius 2 is 1.85 bits per heavy atom. The first kappa shape index (κ1) is 17.8. The molecule has 0 saturated carbocycles. The number of carbonyl (C=O) groups is 1. The molecule has 2 saturated heterocycles. The first-order valence-corrected chi connectivity index (χ1v) is 9.51. The topological polar surface area (TPSA) is 41.4 Å². The third-order valence-corrected chi connectivity index (χ3v) is 6.04. The summed E-state index contributed by atoms with van der Waals surface area (Å²) in [6, 6.07) is -0.413. The van der Waals surface area contributed by atoms with E-state index >= 15 is 0 Å². The smallest absolute Gasteiger partial charge is 0.334 e. The summed E-state index contributed by atoms with van der Waals surface area (Å²) in [4.78, 5) is 20.5. The zero-order valence-electron chi connectivity index (χ0n) is 15.1. The molecular formula is C18H25F3N4O. The number of imidazole rings is 1. The molecule has 1 aromatic rings. The van der Waals surface area contributed by atoms with Gasteiger partial charge in [-0.1, -0.05) is 0 Å². The largest absolute Gasteiger partial charge is 0.406 e. The summed E-state index contributed by atoms with van der Waals surface area (Å²) in [6.07, 6.45) is 2.35. The van der Waals surface area contributed by atoms with Gasteiger partial charge in [0, 0.05) is 19.3 Å².